The summed E-state index contributed by atoms with van der Waals surface area (Å²) in [4.78, 5) is 29.2. The van der Waals surface area contributed by atoms with Crippen LogP contribution in [0.3, 0.4) is 0 Å². The zero-order chi connectivity index (χ0) is 20.7. The van der Waals surface area contributed by atoms with Crippen molar-refractivity contribution in [1.29, 1.82) is 0 Å². The number of nitrogens with zero attached hydrogens (tertiary/aromatic N) is 1. The summed E-state index contributed by atoms with van der Waals surface area (Å²) >= 11 is 3.16. The Balaban J connectivity index is 2.43. The lowest BCUT2D eigenvalue weighted by molar-refractivity contribution is -0.145. The molecule has 0 spiro atoms. The van der Waals surface area contributed by atoms with Gasteiger partial charge in [0.05, 0.1) is 12.3 Å². The number of nitrogens with two attached hydrogens (primary N) is 1. The number of amides is 1. The molecule has 1 aromatic heterocycles. The van der Waals surface area contributed by atoms with E-state index in [4.69, 9.17) is 19.9 Å². The van der Waals surface area contributed by atoms with Crippen molar-refractivity contribution >= 4 is 33.5 Å². The lowest BCUT2D eigenvalue weighted by atomic mass is 10.0. The monoisotopic (exact) mass is 455 g/mol. The summed E-state index contributed by atoms with van der Waals surface area (Å²) in [6, 6.07) is 5.26. The number of methoxy groups -OCH3 is 1. The number of benzene rings is 1. The number of carbonyl (C=O) groups excluding carboxylic acids is 2. The minimum Gasteiger partial charge on any atom is -0.467 e. The fraction of sp³-hybridized carbons (Fsp3) is 0.278. The van der Waals surface area contributed by atoms with Crippen LogP contribution < -0.4 is 15.8 Å². The first-order chi connectivity index (χ1) is 13.4. The van der Waals surface area contributed by atoms with Crippen LogP contribution in [-0.4, -0.2) is 37.4 Å². The highest BCUT2D eigenvalue weighted by Gasteiger charge is 2.29. The second-order valence-electron chi connectivity index (χ2n) is 5.46. The molecule has 10 heteroatoms. The summed E-state index contributed by atoms with van der Waals surface area (Å²) in [5, 5.41) is 2.48. The molecule has 0 fully saturated rings. The normalized spacial score (nSPS) is 11.6. The molecule has 1 aromatic carbocycles. The van der Waals surface area contributed by atoms with E-state index in [0.717, 1.165) is 12.1 Å². The van der Waals surface area contributed by atoms with E-state index >= 15 is 0 Å². The van der Waals surface area contributed by atoms with Gasteiger partial charge in [0.2, 0.25) is 0 Å². The molecule has 8 nitrogen and oxygen atoms in total. The average molecular weight is 456 g/mol. The molecule has 0 aliphatic rings. The van der Waals surface area contributed by atoms with E-state index in [0.29, 0.717) is 4.60 Å². The molecule has 2 rings (SSSR count). The number of hydrogen-bond donors (Lipinski definition) is 2. The summed E-state index contributed by atoms with van der Waals surface area (Å²) < 4.78 is 29.5. The Morgan fingerprint density at radius 3 is 2.75 bits per heavy atom. The van der Waals surface area contributed by atoms with Crippen molar-refractivity contribution in [3.05, 3.63) is 52.0 Å². The Bertz CT molecular complexity index is 865. The number of nitrogen functional groups attached to an aromatic ring is 1. The van der Waals surface area contributed by atoms with Crippen molar-refractivity contribution in [2.45, 2.75) is 13.0 Å². The van der Waals surface area contributed by atoms with Crippen LogP contribution in [0.1, 0.15) is 29.0 Å². The van der Waals surface area contributed by atoms with E-state index in [9.17, 15) is 14.0 Å². The number of ether oxygens (including phenoxy) is 3. The number of nitrogens with one attached hydrogen (secondary N) is 1. The molecule has 28 heavy (non-hydrogen) atoms. The van der Waals surface area contributed by atoms with E-state index in [1.165, 1.54) is 19.2 Å². The molecule has 0 saturated carbocycles. The quantitative estimate of drug-likeness (QED) is 0.357. The highest BCUT2D eigenvalue weighted by atomic mass is 79.9. The third-order valence-electron chi connectivity index (χ3n) is 3.52. The zero-order valence-electron chi connectivity index (χ0n) is 15.2. The van der Waals surface area contributed by atoms with Crippen molar-refractivity contribution in [3.8, 4) is 5.75 Å². The maximum Gasteiger partial charge on any atom is 0.333 e. The highest BCUT2D eigenvalue weighted by molar-refractivity contribution is 9.10. The number of halogens is 2. The van der Waals surface area contributed by atoms with Crippen LogP contribution >= 0.6 is 15.9 Å². The zero-order valence-corrected chi connectivity index (χ0v) is 16.8. The predicted molar refractivity (Wildman–Crippen MR) is 102 cm³/mol. The first-order valence-corrected chi connectivity index (χ1v) is 8.97. The molecule has 1 amide bonds. The second-order valence-corrected chi connectivity index (χ2v) is 6.28. The number of aromatic nitrogens is 1. The number of esters is 1. The van der Waals surface area contributed by atoms with Gasteiger partial charge in [-0.2, -0.15) is 0 Å². The number of rotatable bonds is 8. The second kappa shape index (κ2) is 10.00. The molecular formula is C18H19BrFN3O5. The summed E-state index contributed by atoms with van der Waals surface area (Å²) in [5.41, 5.74) is 5.88. The average Bonchev–Trinajstić information content (AvgIpc) is 2.67. The molecule has 1 unspecified atom stereocenters. The SMILES string of the molecule is CCOC(=O)C(NC(=O)c1nc(Br)ccc1N)c1cc(F)ccc1OCOC. The van der Waals surface area contributed by atoms with Gasteiger partial charge in [0.25, 0.3) is 5.91 Å². The van der Waals surface area contributed by atoms with Crippen LogP contribution in [0.2, 0.25) is 0 Å². The Morgan fingerprint density at radius 1 is 1.32 bits per heavy atom. The third kappa shape index (κ3) is 5.40. The van der Waals surface area contributed by atoms with E-state index in [1.807, 2.05) is 0 Å². The molecule has 2 aromatic rings. The van der Waals surface area contributed by atoms with Crippen molar-refractivity contribution in [2.24, 2.45) is 0 Å². The van der Waals surface area contributed by atoms with Crippen molar-refractivity contribution in [3.63, 3.8) is 0 Å². The van der Waals surface area contributed by atoms with Crippen LogP contribution in [0.25, 0.3) is 0 Å². The van der Waals surface area contributed by atoms with Crippen LogP contribution in [0.4, 0.5) is 10.1 Å². The molecule has 1 atom stereocenters. The van der Waals surface area contributed by atoms with Crippen LogP contribution in [-0.2, 0) is 14.3 Å². The molecule has 0 bridgehead atoms. The topological polar surface area (TPSA) is 113 Å². The first kappa shape index (κ1) is 21.6. The Hall–Kier alpha value is -2.72. The fourth-order valence-corrected chi connectivity index (χ4v) is 2.62. The van der Waals surface area contributed by atoms with E-state index in [2.05, 4.69) is 26.2 Å². The number of carbonyl (C=O) groups is 2. The van der Waals surface area contributed by atoms with Gasteiger partial charge in [0.15, 0.2) is 18.5 Å². The molecule has 0 radical (unpaired) electrons. The van der Waals surface area contributed by atoms with E-state index < -0.39 is 23.7 Å². The molecule has 150 valence electrons. The largest absolute Gasteiger partial charge is 0.467 e. The maximum atomic E-state index is 13.9. The van der Waals surface area contributed by atoms with Crippen molar-refractivity contribution in [1.82, 2.24) is 10.3 Å². The minimum absolute atomic E-state index is 0.0616. The summed E-state index contributed by atoms with van der Waals surface area (Å²) in [6.07, 6.45) is 0. The van der Waals surface area contributed by atoms with Gasteiger partial charge in [0, 0.05) is 12.7 Å². The van der Waals surface area contributed by atoms with Gasteiger partial charge in [-0.3, -0.25) is 4.79 Å². The standard InChI is InChI=1S/C18H19BrFN3O5/c1-3-27-18(25)15(11-8-10(20)4-6-13(11)28-9-26-2)23-17(24)16-12(21)5-7-14(19)22-16/h4-8,15H,3,9,21H2,1-2H3,(H,23,24). The van der Waals surface area contributed by atoms with Gasteiger partial charge < -0.3 is 25.3 Å². The van der Waals surface area contributed by atoms with E-state index in [1.54, 1.807) is 13.0 Å². The molecule has 0 aliphatic heterocycles. The molecule has 1 heterocycles. The van der Waals surface area contributed by atoms with Gasteiger partial charge in [-0.05, 0) is 53.2 Å². The van der Waals surface area contributed by atoms with E-state index in [-0.39, 0.29) is 36.1 Å². The Morgan fingerprint density at radius 2 is 2.07 bits per heavy atom. The highest BCUT2D eigenvalue weighted by Crippen LogP contribution is 2.28. The predicted octanol–water partition coefficient (Wildman–Crippen LogP) is 2.58. The number of pyridine rings is 1. The van der Waals surface area contributed by atoms with Crippen molar-refractivity contribution < 1.29 is 28.2 Å². The smallest absolute Gasteiger partial charge is 0.333 e. The fourth-order valence-electron chi connectivity index (χ4n) is 2.32. The third-order valence-corrected chi connectivity index (χ3v) is 3.96. The maximum absolute atomic E-state index is 13.9. The van der Waals surface area contributed by atoms with Gasteiger partial charge in [-0.15, -0.1) is 0 Å². The molecule has 0 aliphatic carbocycles. The molecule has 3 N–H and O–H groups in total. The lowest BCUT2D eigenvalue weighted by Crippen LogP contribution is -2.36. The van der Waals surface area contributed by atoms with Crippen LogP contribution in [0.15, 0.2) is 34.9 Å². The van der Waals surface area contributed by atoms with Crippen molar-refractivity contribution in [2.75, 3.05) is 26.2 Å². The minimum atomic E-state index is -1.35. The molecular weight excluding hydrogens is 437 g/mol. The van der Waals surface area contributed by atoms with Crippen LogP contribution in [0, 0.1) is 5.82 Å². The Labute approximate surface area is 169 Å². The summed E-state index contributed by atoms with van der Waals surface area (Å²) in [6.45, 7) is 1.53. The van der Waals surface area contributed by atoms with Crippen LogP contribution in [0.5, 0.6) is 5.75 Å². The summed E-state index contributed by atoms with van der Waals surface area (Å²) in [7, 11) is 1.41. The van der Waals surface area contributed by atoms with Gasteiger partial charge in [-0.25, -0.2) is 14.2 Å². The van der Waals surface area contributed by atoms with Gasteiger partial charge in [-0.1, -0.05) is 0 Å². The lowest BCUT2D eigenvalue weighted by Gasteiger charge is -2.20. The van der Waals surface area contributed by atoms with Gasteiger partial charge >= 0.3 is 5.97 Å². The van der Waals surface area contributed by atoms with Gasteiger partial charge in [0.1, 0.15) is 16.2 Å². The number of hydrogen-bond acceptors (Lipinski definition) is 7. The summed E-state index contributed by atoms with van der Waals surface area (Å²) in [5.74, 6) is -2.00. The molecule has 0 saturated heterocycles. The first-order valence-electron chi connectivity index (χ1n) is 8.18. The number of anilines is 1. The Kier molecular flexibility index (Phi) is 7.70.